The molecule has 7 nitrogen and oxygen atoms in total. The lowest BCUT2D eigenvalue weighted by Crippen LogP contribution is -2.45. The molecule has 204 valence electrons. The Hall–Kier alpha value is -3.50. The summed E-state index contributed by atoms with van der Waals surface area (Å²) in [5.41, 5.74) is 3.35. The van der Waals surface area contributed by atoms with Crippen LogP contribution in [0.5, 0.6) is 0 Å². The van der Waals surface area contributed by atoms with Crippen molar-refractivity contribution in [2.75, 3.05) is 56.1 Å². The number of amides is 1. The number of halogens is 3. The number of rotatable bonds is 5. The van der Waals surface area contributed by atoms with Crippen LogP contribution in [0.1, 0.15) is 45.4 Å². The molecule has 1 fully saturated rings. The van der Waals surface area contributed by atoms with E-state index in [9.17, 15) is 18.0 Å². The number of carbonyl (C=O) groups excluding carboxylic acids is 1. The first kappa shape index (κ1) is 25.8. The Morgan fingerprint density at radius 1 is 1.00 bits per heavy atom. The van der Waals surface area contributed by atoms with Crippen molar-refractivity contribution in [2.45, 2.75) is 32.5 Å². The van der Waals surface area contributed by atoms with Gasteiger partial charge in [0, 0.05) is 52.7 Å². The van der Waals surface area contributed by atoms with E-state index in [-0.39, 0.29) is 18.9 Å². The zero-order chi connectivity index (χ0) is 27.3. The van der Waals surface area contributed by atoms with Gasteiger partial charge < -0.3 is 14.7 Å². The van der Waals surface area contributed by atoms with Crippen molar-refractivity contribution in [3.8, 4) is 0 Å². The summed E-state index contributed by atoms with van der Waals surface area (Å²) >= 11 is 0. The van der Waals surface area contributed by atoms with E-state index >= 15 is 0 Å². The molecule has 0 spiro atoms. The maximum absolute atomic E-state index is 14.1. The molecule has 0 bridgehead atoms. The number of anilines is 3. The molecule has 2 aromatic carbocycles. The van der Waals surface area contributed by atoms with Crippen LogP contribution in [0, 0.1) is 0 Å². The van der Waals surface area contributed by atoms with E-state index < -0.39 is 11.7 Å². The highest BCUT2D eigenvalue weighted by Crippen LogP contribution is 2.44. The predicted molar refractivity (Wildman–Crippen MR) is 144 cm³/mol. The summed E-state index contributed by atoms with van der Waals surface area (Å²) in [5, 5.41) is 0. The van der Waals surface area contributed by atoms with Crippen LogP contribution in [0.25, 0.3) is 0 Å². The molecule has 0 aliphatic carbocycles. The lowest BCUT2D eigenvalue weighted by atomic mass is 10.0. The van der Waals surface area contributed by atoms with Gasteiger partial charge in [0.25, 0.3) is 5.91 Å². The van der Waals surface area contributed by atoms with Crippen molar-refractivity contribution in [1.82, 2.24) is 19.8 Å². The average molecular weight is 537 g/mol. The second-order valence-corrected chi connectivity index (χ2v) is 10.5. The van der Waals surface area contributed by atoms with Gasteiger partial charge in [-0.05, 0) is 41.8 Å². The quantitative estimate of drug-likeness (QED) is 0.479. The molecule has 1 aromatic heterocycles. The predicted octanol–water partition coefficient (Wildman–Crippen LogP) is 4.51. The molecular formula is C29H31F3N6O. The number of piperazine rings is 1. The number of para-hydroxylation sites is 1. The number of aromatic nitrogens is 2. The molecule has 1 saturated heterocycles. The second kappa shape index (κ2) is 9.91. The van der Waals surface area contributed by atoms with Gasteiger partial charge in [0.2, 0.25) is 0 Å². The SMILES string of the molecule is CCN1CCN(Cc2ccc(Cc3ncc4c(n3)N3CCc5cccc(c53)C(=O)N4C)cc2C(F)(F)F)CC1. The highest BCUT2D eigenvalue weighted by atomic mass is 19.4. The summed E-state index contributed by atoms with van der Waals surface area (Å²) in [5.74, 6) is 0.896. The molecule has 4 heterocycles. The number of nitrogens with zero attached hydrogens (tertiary/aromatic N) is 6. The number of likely N-dealkylation sites (N-methyl/N-ethyl adjacent to an activating group) is 1. The number of hydrogen-bond donors (Lipinski definition) is 0. The molecule has 0 radical (unpaired) electrons. The van der Waals surface area contributed by atoms with Gasteiger partial charge in [-0.1, -0.05) is 31.2 Å². The average Bonchev–Trinajstić information content (AvgIpc) is 3.34. The fourth-order valence-electron chi connectivity index (χ4n) is 5.87. The smallest absolute Gasteiger partial charge is 0.323 e. The number of hydrogen-bond acceptors (Lipinski definition) is 6. The van der Waals surface area contributed by atoms with Crippen molar-refractivity contribution < 1.29 is 18.0 Å². The Morgan fingerprint density at radius 3 is 2.51 bits per heavy atom. The normalized spacial score (nSPS) is 17.8. The van der Waals surface area contributed by atoms with Gasteiger partial charge in [0.15, 0.2) is 5.82 Å². The van der Waals surface area contributed by atoms with Crippen LogP contribution in [0.15, 0.2) is 42.6 Å². The minimum atomic E-state index is -4.45. The van der Waals surface area contributed by atoms with E-state index in [0.717, 1.165) is 50.4 Å². The van der Waals surface area contributed by atoms with Crippen molar-refractivity contribution in [2.24, 2.45) is 0 Å². The van der Waals surface area contributed by atoms with E-state index in [1.807, 2.05) is 23.1 Å². The number of benzene rings is 2. The van der Waals surface area contributed by atoms with Crippen LogP contribution in [-0.2, 0) is 25.6 Å². The van der Waals surface area contributed by atoms with E-state index in [1.165, 1.54) is 6.07 Å². The van der Waals surface area contributed by atoms with Crippen molar-refractivity contribution >= 4 is 23.1 Å². The zero-order valence-electron chi connectivity index (χ0n) is 22.1. The Labute approximate surface area is 225 Å². The van der Waals surface area contributed by atoms with Gasteiger partial charge in [0.05, 0.1) is 23.0 Å². The Bertz CT molecular complexity index is 1420. The highest BCUT2D eigenvalue weighted by Gasteiger charge is 2.36. The number of fused-ring (bicyclic) bond motifs is 2. The fraction of sp³-hybridized carbons (Fsp3) is 0.414. The van der Waals surface area contributed by atoms with E-state index in [4.69, 9.17) is 4.98 Å². The lowest BCUT2D eigenvalue weighted by Gasteiger charge is -2.34. The molecule has 3 aliphatic rings. The molecule has 0 N–H and O–H groups in total. The maximum atomic E-state index is 14.1. The lowest BCUT2D eigenvalue weighted by molar-refractivity contribution is -0.138. The Kier molecular flexibility index (Phi) is 6.55. The van der Waals surface area contributed by atoms with Gasteiger partial charge in [-0.3, -0.25) is 9.69 Å². The topological polar surface area (TPSA) is 55.8 Å². The van der Waals surface area contributed by atoms with E-state index in [1.54, 1.807) is 30.3 Å². The summed E-state index contributed by atoms with van der Waals surface area (Å²) in [4.78, 5) is 30.4. The number of alkyl halides is 3. The first-order valence-corrected chi connectivity index (χ1v) is 13.4. The maximum Gasteiger partial charge on any atom is 0.416 e. The van der Waals surface area contributed by atoms with Crippen molar-refractivity contribution in [1.29, 1.82) is 0 Å². The first-order chi connectivity index (χ1) is 18.7. The third kappa shape index (κ3) is 4.76. The van der Waals surface area contributed by atoms with Gasteiger partial charge in [-0.15, -0.1) is 0 Å². The van der Waals surface area contributed by atoms with Gasteiger partial charge in [-0.2, -0.15) is 13.2 Å². The third-order valence-electron chi connectivity index (χ3n) is 8.09. The second-order valence-electron chi connectivity index (χ2n) is 10.5. The van der Waals surface area contributed by atoms with Crippen LogP contribution >= 0.6 is 0 Å². The number of carbonyl (C=O) groups is 1. The standard InChI is InChI=1S/C29H31F3N6O/c1-3-36-11-13-37(14-12-36)18-21-8-7-19(15-23(21)29(30,31)32)16-25-33-17-24-27(34-25)38-10-9-20-5-4-6-22(26(20)38)28(39)35(24)2/h4-8,15,17H,3,9-14,16,18H2,1-2H3. The molecule has 0 saturated carbocycles. The minimum absolute atomic E-state index is 0.129. The van der Waals surface area contributed by atoms with Crippen LogP contribution < -0.4 is 9.80 Å². The molecule has 39 heavy (non-hydrogen) atoms. The van der Waals surface area contributed by atoms with E-state index in [2.05, 4.69) is 21.7 Å². The zero-order valence-corrected chi connectivity index (χ0v) is 22.1. The van der Waals surface area contributed by atoms with Crippen LogP contribution in [0.4, 0.5) is 30.4 Å². The molecular weight excluding hydrogens is 505 g/mol. The molecule has 3 aromatic rings. The van der Waals surface area contributed by atoms with Gasteiger partial charge in [0.1, 0.15) is 11.5 Å². The monoisotopic (exact) mass is 536 g/mol. The van der Waals surface area contributed by atoms with Crippen molar-refractivity contribution in [3.05, 3.63) is 76.2 Å². The summed E-state index contributed by atoms with van der Waals surface area (Å²) < 4.78 is 42.4. The summed E-state index contributed by atoms with van der Waals surface area (Å²) in [6, 6.07) is 10.3. The van der Waals surface area contributed by atoms with E-state index in [0.29, 0.717) is 40.6 Å². The first-order valence-electron chi connectivity index (χ1n) is 13.4. The molecule has 0 unspecified atom stereocenters. The molecule has 6 rings (SSSR count). The summed E-state index contributed by atoms with van der Waals surface area (Å²) in [6.45, 7) is 7.27. The highest BCUT2D eigenvalue weighted by molar-refractivity contribution is 6.14. The minimum Gasteiger partial charge on any atom is -0.323 e. The molecule has 1 amide bonds. The largest absolute Gasteiger partial charge is 0.416 e. The summed E-state index contributed by atoms with van der Waals surface area (Å²) in [6.07, 6.45) is -1.90. The molecule has 0 atom stereocenters. The Morgan fingerprint density at radius 2 is 1.77 bits per heavy atom. The van der Waals surface area contributed by atoms with Crippen LogP contribution in [0.2, 0.25) is 0 Å². The van der Waals surface area contributed by atoms with Crippen LogP contribution in [0.3, 0.4) is 0 Å². The van der Waals surface area contributed by atoms with Gasteiger partial charge in [-0.25, -0.2) is 9.97 Å². The fourth-order valence-corrected chi connectivity index (χ4v) is 5.87. The Balaban J connectivity index is 1.29. The molecule has 10 heteroatoms. The van der Waals surface area contributed by atoms with Crippen LogP contribution in [-0.4, -0.2) is 72.0 Å². The third-order valence-corrected chi connectivity index (χ3v) is 8.09. The summed E-state index contributed by atoms with van der Waals surface area (Å²) in [7, 11) is 1.70. The van der Waals surface area contributed by atoms with Crippen molar-refractivity contribution in [3.63, 3.8) is 0 Å². The molecule has 3 aliphatic heterocycles. The van der Waals surface area contributed by atoms with Gasteiger partial charge >= 0.3 is 6.18 Å².